The van der Waals surface area contributed by atoms with Crippen LogP contribution < -0.4 is 5.32 Å². The van der Waals surface area contributed by atoms with Gasteiger partial charge in [0.25, 0.3) is 0 Å². The number of hydrogen-bond donors (Lipinski definition) is 1. The summed E-state index contributed by atoms with van der Waals surface area (Å²) in [7, 11) is 0. The van der Waals surface area contributed by atoms with Gasteiger partial charge < -0.3 is 5.32 Å². The minimum atomic E-state index is 0.103. The fraction of sp³-hybridized carbons (Fsp3) is 0.692. The Hall–Kier alpha value is -0.900. The van der Waals surface area contributed by atoms with Gasteiger partial charge in [0.15, 0.2) is 5.13 Å². The van der Waals surface area contributed by atoms with Gasteiger partial charge in [0.1, 0.15) is 0 Å². The van der Waals surface area contributed by atoms with Crippen molar-refractivity contribution in [2.45, 2.75) is 52.4 Å². The molecule has 0 bridgehead atoms. The fourth-order valence-corrected chi connectivity index (χ4v) is 3.30. The Morgan fingerprint density at radius 1 is 1.59 bits per heavy atom. The third-order valence-electron chi connectivity index (χ3n) is 3.19. The van der Waals surface area contributed by atoms with Crippen LogP contribution in [0, 0.1) is 5.92 Å². The van der Waals surface area contributed by atoms with Gasteiger partial charge >= 0.3 is 0 Å². The lowest BCUT2D eigenvalue weighted by Gasteiger charge is -2.15. The van der Waals surface area contributed by atoms with E-state index in [1.54, 1.807) is 11.3 Å². The summed E-state index contributed by atoms with van der Waals surface area (Å²) in [5.74, 6) is 0.859. The maximum Gasteiger partial charge on any atom is 0.226 e. The van der Waals surface area contributed by atoms with Crippen molar-refractivity contribution in [3.63, 3.8) is 0 Å². The topological polar surface area (TPSA) is 42.0 Å². The molecule has 0 aliphatic heterocycles. The number of thiazole rings is 1. The highest BCUT2D eigenvalue weighted by Crippen LogP contribution is 2.32. The Labute approximate surface area is 107 Å². The third-order valence-corrected chi connectivity index (χ3v) is 4.23. The number of anilines is 1. The van der Waals surface area contributed by atoms with E-state index in [0.29, 0.717) is 6.42 Å². The summed E-state index contributed by atoms with van der Waals surface area (Å²) in [6, 6.07) is 0. The lowest BCUT2D eigenvalue weighted by atomic mass is 9.93. The maximum absolute atomic E-state index is 11.6. The molecule has 0 radical (unpaired) electrons. The van der Waals surface area contributed by atoms with Crippen molar-refractivity contribution in [3.05, 3.63) is 10.6 Å². The van der Waals surface area contributed by atoms with Crippen LogP contribution in [0.15, 0.2) is 0 Å². The molecule has 0 aromatic carbocycles. The van der Waals surface area contributed by atoms with E-state index in [9.17, 15) is 4.79 Å². The standard InChI is InChI=1S/C13H20N2OS/c1-3-4-5-12(16)15-13-14-10-7-6-9(2)8-11(10)17-13/h9H,3-8H2,1-2H3,(H,14,15,16). The molecule has 0 saturated carbocycles. The van der Waals surface area contributed by atoms with E-state index in [4.69, 9.17) is 0 Å². The number of aromatic nitrogens is 1. The molecule has 94 valence electrons. The molecule has 1 aromatic rings. The number of fused-ring (bicyclic) bond motifs is 1. The first kappa shape index (κ1) is 12.6. The number of amides is 1. The number of carbonyl (C=O) groups is 1. The summed E-state index contributed by atoms with van der Waals surface area (Å²) < 4.78 is 0. The van der Waals surface area contributed by atoms with Crippen LogP contribution in [-0.2, 0) is 17.6 Å². The first-order valence-electron chi connectivity index (χ1n) is 6.47. The summed E-state index contributed by atoms with van der Waals surface area (Å²) in [4.78, 5) is 17.5. The van der Waals surface area contributed by atoms with Crippen LogP contribution in [0.5, 0.6) is 0 Å². The van der Waals surface area contributed by atoms with Crippen molar-refractivity contribution in [1.82, 2.24) is 4.98 Å². The molecule has 1 atom stereocenters. The average Bonchev–Trinajstić information content (AvgIpc) is 2.67. The molecule has 17 heavy (non-hydrogen) atoms. The normalized spacial score (nSPS) is 18.8. The van der Waals surface area contributed by atoms with E-state index < -0.39 is 0 Å². The second-order valence-electron chi connectivity index (χ2n) is 4.89. The molecule has 1 aromatic heterocycles. The van der Waals surface area contributed by atoms with E-state index in [0.717, 1.165) is 36.7 Å². The number of unbranched alkanes of at least 4 members (excludes halogenated alkanes) is 1. The van der Waals surface area contributed by atoms with Crippen molar-refractivity contribution in [2.24, 2.45) is 5.92 Å². The van der Waals surface area contributed by atoms with E-state index in [1.165, 1.54) is 17.0 Å². The Bertz CT molecular complexity index is 400. The molecule has 1 heterocycles. The zero-order valence-electron chi connectivity index (χ0n) is 10.6. The number of nitrogens with one attached hydrogen (secondary N) is 1. The van der Waals surface area contributed by atoms with E-state index in [-0.39, 0.29) is 5.91 Å². The van der Waals surface area contributed by atoms with Gasteiger partial charge in [-0.3, -0.25) is 4.79 Å². The first-order chi connectivity index (χ1) is 8.19. The molecule has 1 unspecified atom stereocenters. The SMILES string of the molecule is CCCCC(=O)Nc1nc2c(s1)CC(C)CC2. The minimum absolute atomic E-state index is 0.103. The van der Waals surface area contributed by atoms with Crippen LogP contribution in [0.3, 0.4) is 0 Å². The zero-order valence-corrected chi connectivity index (χ0v) is 11.4. The van der Waals surface area contributed by atoms with Crippen LogP contribution in [0.25, 0.3) is 0 Å². The van der Waals surface area contributed by atoms with E-state index in [2.05, 4.69) is 24.1 Å². The van der Waals surface area contributed by atoms with Crippen LogP contribution in [0.4, 0.5) is 5.13 Å². The quantitative estimate of drug-likeness (QED) is 0.892. The lowest BCUT2D eigenvalue weighted by Crippen LogP contribution is -2.11. The average molecular weight is 252 g/mol. The summed E-state index contributed by atoms with van der Waals surface area (Å²) in [5.41, 5.74) is 1.21. The number of hydrogen-bond acceptors (Lipinski definition) is 3. The Morgan fingerprint density at radius 2 is 2.41 bits per heavy atom. The van der Waals surface area contributed by atoms with Gasteiger partial charge in [-0.2, -0.15) is 0 Å². The fourth-order valence-electron chi connectivity index (χ4n) is 2.11. The summed E-state index contributed by atoms with van der Waals surface area (Å²) in [5, 5.41) is 3.71. The van der Waals surface area contributed by atoms with Crippen LogP contribution in [0.1, 0.15) is 50.1 Å². The summed E-state index contributed by atoms with van der Waals surface area (Å²) in [6.07, 6.45) is 6.03. The second-order valence-corrected chi connectivity index (χ2v) is 5.97. The largest absolute Gasteiger partial charge is 0.302 e. The molecule has 0 spiro atoms. The highest BCUT2D eigenvalue weighted by Gasteiger charge is 2.20. The maximum atomic E-state index is 11.6. The molecule has 1 amide bonds. The number of nitrogens with zero attached hydrogens (tertiary/aromatic N) is 1. The summed E-state index contributed by atoms with van der Waals surface area (Å²) >= 11 is 1.66. The molecule has 1 N–H and O–H groups in total. The minimum Gasteiger partial charge on any atom is -0.302 e. The predicted molar refractivity (Wildman–Crippen MR) is 71.5 cm³/mol. The molecule has 1 aliphatic rings. The van der Waals surface area contributed by atoms with Crippen molar-refractivity contribution in [1.29, 1.82) is 0 Å². The third kappa shape index (κ3) is 3.28. The smallest absolute Gasteiger partial charge is 0.226 e. The van der Waals surface area contributed by atoms with Crippen LogP contribution >= 0.6 is 11.3 Å². The number of aryl methyl sites for hydroxylation is 1. The molecular formula is C13H20N2OS. The van der Waals surface area contributed by atoms with E-state index >= 15 is 0 Å². The van der Waals surface area contributed by atoms with Crippen molar-refractivity contribution >= 4 is 22.4 Å². The Morgan fingerprint density at radius 3 is 3.18 bits per heavy atom. The molecule has 0 fully saturated rings. The number of carbonyl (C=O) groups excluding carboxylic acids is 1. The van der Waals surface area contributed by atoms with Gasteiger partial charge in [-0.1, -0.05) is 20.3 Å². The Kier molecular flexibility index (Phi) is 4.15. The van der Waals surface area contributed by atoms with Gasteiger partial charge in [-0.15, -0.1) is 11.3 Å². The highest BCUT2D eigenvalue weighted by molar-refractivity contribution is 7.15. The highest BCUT2D eigenvalue weighted by atomic mass is 32.1. The molecule has 2 rings (SSSR count). The van der Waals surface area contributed by atoms with Crippen LogP contribution in [-0.4, -0.2) is 10.9 Å². The molecule has 3 nitrogen and oxygen atoms in total. The number of rotatable bonds is 4. The van der Waals surface area contributed by atoms with Crippen molar-refractivity contribution in [2.75, 3.05) is 5.32 Å². The molecular weight excluding hydrogens is 232 g/mol. The molecule has 1 aliphatic carbocycles. The second kappa shape index (κ2) is 5.63. The monoisotopic (exact) mass is 252 g/mol. The van der Waals surface area contributed by atoms with Gasteiger partial charge in [-0.05, 0) is 31.6 Å². The van der Waals surface area contributed by atoms with Gasteiger partial charge in [0, 0.05) is 11.3 Å². The van der Waals surface area contributed by atoms with Crippen molar-refractivity contribution in [3.8, 4) is 0 Å². The van der Waals surface area contributed by atoms with Crippen LogP contribution in [0.2, 0.25) is 0 Å². The van der Waals surface area contributed by atoms with Crippen molar-refractivity contribution < 1.29 is 4.79 Å². The van der Waals surface area contributed by atoms with Gasteiger partial charge in [0.05, 0.1) is 5.69 Å². The van der Waals surface area contributed by atoms with Gasteiger partial charge in [0.2, 0.25) is 5.91 Å². The zero-order chi connectivity index (χ0) is 12.3. The van der Waals surface area contributed by atoms with Gasteiger partial charge in [-0.25, -0.2) is 4.98 Å². The first-order valence-corrected chi connectivity index (χ1v) is 7.29. The lowest BCUT2D eigenvalue weighted by molar-refractivity contribution is -0.116. The molecule has 4 heteroatoms. The Balaban J connectivity index is 1.96. The summed E-state index contributed by atoms with van der Waals surface area (Å²) in [6.45, 7) is 4.37. The molecule has 0 saturated heterocycles. The van der Waals surface area contributed by atoms with E-state index in [1.807, 2.05) is 0 Å². The predicted octanol–water partition coefficient (Wildman–Crippen LogP) is 3.40.